The van der Waals surface area contributed by atoms with Crippen molar-refractivity contribution in [1.29, 1.82) is 0 Å². The number of ether oxygens (including phenoxy) is 1. The van der Waals surface area contributed by atoms with E-state index >= 15 is 0 Å². The summed E-state index contributed by atoms with van der Waals surface area (Å²) in [5.74, 6) is 0. The number of hydrogen-bond acceptors (Lipinski definition) is 4. The van der Waals surface area contributed by atoms with Crippen molar-refractivity contribution < 1.29 is 9.84 Å². The van der Waals surface area contributed by atoms with Gasteiger partial charge in [0.15, 0.2) is 0 Å². The quantitative estimate of drug-likeness (QED) is 0.839. The fourth-order valence-electron chi connectivity index (χ4n) is 1.49. The van der Waals surface area contributed by atoms with Gasteiger partial charge in [-0.1, -0.05) is 0 Å². The maximum Gasteiger partial charge on any atom is 0.0639 e. The fraction of sp³-hybridized carbons (Fsp3) is 0.636. The van der Waals surface area contributed by atoms with E-state index in [1.807, 2.05) is 6.92 Å². The minimum Gasteiger partial charge on any atom is -0.392 e. The molecule has 1 aromatic heterocycles. The van der Waals surface area contributed by atoms with Crippen LogP contribution in [-0.4, -0.2) is 42.9 Å². The normalized spacial score (nSPS) is 13.3. The summed E-state index contributed by atoms with van der Waals surface area (Å²) >= 11 is 5.17. The molecule has 0 aliphatic rings. The third kappa shape index (κ3) is 5.41. The van der Waals surface area contributed by atoms with E-state index < -0.39 is 0 Å². The monoisotopic (exact) mass is 307 g/mol. The molecule has 92 valence electrons. The van der Waals surface area contributed by atoms with E-state index in [-0.39, 0.29) is 6.10 Å². The zero-order valence-corrected chi connectivity index (χ0v) is 12.1. The first kappa shape index (κ1) is 14.1. The number of hydrogen-bond donors (Lipinski definition) is 1. The van der Waals surface area contributed by atoms with Crippen molar-refractivity contribution in [3.05, 3.63) is 20.8 Å². The number of nitrogens with zero attached hydrogens (tertiary/aromatic N) is 1. The Bertz CT molecular complexity index is 304. The van der Waals surface area contributed by atoms with Gasteiger partial charge in [-0.25, -0.2) is 0 Å². The Morgan fingerprint density at radius 3 is 2.88 bits per heavy atom. The largest absolute Gasteiger partial charge is 0.392 e. The number of thiophene rings is 1. The highest BCUT2D eigenvalue weighted by molar-refractivity contribution is 9.10. The summed E-state index contributed by atoms with van der Waals surface area (Å²) in [7, 11) is 1.70. The van der Waals surface area contributed by atoms with Crippen molar-refractivity contribution in [2.24, 2.45) is 0 Å². The molecule has 1 heterocycles. The first-order chi connectivity index (χ1) is 7.61. The smallest absolute Gasteiger partial charge is 0.0639 e. The van der Waals surface area contributed by atoms with E-state index in [9.17, 15) is 5.11 Å². The third-order valence-electron chi connectivity index (χ3n) is 2.14. The Kier molecular flexibility index (Phi) is 6.53. The second kappa shape index (κ2) is 7.40. The Balaban J connectivity index is 2.48. The van der Waals surface area contributed by atoms with E-state index in [1.54, 1.807) is 18.4 Å². The topological polar surface area (TPSA) is 32.7 Å². The molecule has 0 saturated carbocycles. The highest BCUT2D eigenvalue weighted by Crippen LogP contribution is 2.21. The van der Waals surface area contributed by atoms with Crippen molar-refractivity contribution in [1.82, 2.24) is 4.90 Å². The van der Waals surface area contributed by atoms with E-state index in [0.29, 0.717) is 13.2 Å². The second-order valence-electron chi connectivity index (χ2n) is 3.81. The molecule has 0 saturated heterocycles. The molecule has 0 aliphatic carbocycles. The van der Waals surface area contributed by atoms with E-state index in [1.165, 1.54) is 4.88 Å². The van der Waals surface area contributed by atoms with Crippen molar-refractivity contribution >= 4 is 27.3 Å². The summed E-state index contributed by atoms with van der Waals surface area (Å²) in [6.45, 7) is 4.89. The number of aliphatic hydroxyl groups excluding tert-OH is 1. The lowest BCUT2D eigenvalue weighted by Crippen LogP contribution is -2.33. The van der Waals surface area contributed by atoms with E-state index in [0.717, 1.165) is 17.6 Å². The van der Waals surface area contributed by atoms with Crippen LogP contribution >= 0.6 is 27.3 Å². The molecule has 0 spiro atoms. The van der Waals surface area contributed by atoms with Gasteiger partial charge in [-0.2, -0.15) is 0 Å². The fourth-order valence-corrected chi connectivity index (χ4v) is 2.98. The predicted molar refractivity (Wildman–Crippen MR) is 70.9 cm³/mol. The maximum absolute atomic E-state index is 9.42. The number of methoxy groups -OCH3 is 1. The maximum atomic E-state index is 9.42. The van der Waals surface area contributed by atoms with Crippen LogP contribution in [0.15, 0.2) is 15.9 Å². The lowest BCUT2D eigenvalue weighted by atomic mass is 10.3. The van der Waals surface area contributed by atoms with Crippen molar-refractivity contribution in [2.45, 2.75) is 19.6 Å². The molecule has 16 heavy (non-hydrogen) atoms. The van der Waals surface area contributed by atoms with Crippen molar-refractivity contribution in [3.8, 4) is 0 Å². The van der Waals surface area contributed by atoms with Crippen LogP contribution < -0.4 is 0 Å². The van der Waals surface area contributed by atoms with Crippen LogP contribution in [0.4, 0.5) is 0 Å². The summed E-state index contributed by atoms with van der Waals surface area (Å²) < 4.78 is 6.19. The lowest BCUT2D eigenvalue weighted by Gasteiger charge is -2.22. The standard InChI is InChI=1S/C11H18BrNO2S/c1-9(14)6-13(3-4-15-2)7-11-5-10(12)8-16-11/h5,8-9,14H,3-4,6-7H2,1-2H3. The molecule has 1 unspecified atom stereocenters. The van der Waals surface area contributed by atoms with Crippen LogP contribution in [0.2, 0.25) is 0 Å². The van der Waals surface area contributed by atoms with Crippen LogP contribution in [0.5, 0.6) is 0 Å². The molecule has 0 aliphatic heterocycles. The molecular weight excluding hydrogens is 290 g/mol. The van der Waals surface area contributed by atoms with Crippen LogP contribution in [0.1, 0.15) is 11.8 Å². The molecule has 0 radical (unpaired) electrons. The zero-order valence-electron chi connectivity index (χ0n) is 9.65. The zero-order chi connectivity index (χ0) is 12.0. The molecule has 1 aromatic rings. The van der Waals surface area contributed by atoms with Gasteiger partial charge < -0.3 is 9.84 Å². The van der Waals surface area contributed by atoms with Gasteiger partial charge >= 0.3 is 0 Å². The van der Waals surface area contributed by atoms with Gasteiger partial charge in [0.1, 0.15) is 0 Å². The molecule has 1 rings (SSSR count). The SMILES string of the molecule is COCCN(Cc1cc(Br)cs1)CC(C)O. The van der Waals surface area contributed by atoms with Gasteiger partial charge in [0.2, 0.25) is 0 Å². The molecule has 1 N–H and O–H groups in total. The first-order valence-electron chi connectivity index (χ1n) is 5.24. The molecule has 0 bridgehead atoms. The van der Waals surface area contributed by atoms with Crippen LogP contribution in [0.25, 0.3) is 0 Å². The summed E-state index contributed by atoms with van der Waals surface area (Å²) in [5, 5.41) is 11.5. The average molecular weight is 308 g/mol. The molecular formula is C11H18BrNO2S. The van der Waals surface area contributed by atoms with Gasteiger partial charge in [0.25, 0.3) is 0 Å². The highest BCUT2D eigenvalue weighted by Gasteiger charge is 2.10. The van der Waals surface area contributed by atoms with Crippen molar-refractivity contribution in [2.75, 3.05) is 26.8 Å². The summed E-state index contributed by atoms with van der Waals surface area (Å²) in [6, 6.07) is 2.12. The van der Waals surface area contributed by atoms with E-state index in [4.69, 9.17) is 4.74 Å². The molecule has 3 nitrogen and oxygen atoms in total. The van der Waals surface area contributed by atoms with Gasteiger partial charge in [-0.15, -0.1) is 11.3 Å². The molecule has 5 heteroatoms. The first-order valence-corrected chi connectivity index (χ1v) is 6.91. The minimum atomic E-state index is -0.305. The van der Waals surface area contributed by atoms with Crippen LogP contribution in [0.3, 0.4) is 0 Å². The third-order valence-corrected chi connectivity index (χ3v) is 3.82. The molecule has 0 aromatic carbocycles. The number of rotatable bonds is 7. The summed E-state index contributed by atoms with van der Waals surface area (Å²) in [5.41, 5.74) is 0. The van der Waals surface area contributed by atoms with Gasteiger partial charge in [0, 0.05) is 41.5 Å². The van der Waals surface area contributed by atoms with Crippen LogP contribution in [-0.2, 0) is 11.3 Å². The number of aliphatic hydroxyl groups is 1. The molecule has 1 atom stereocenters. The Morgan fingerprint density at radius 2 is 2.38 bits per heavy atom. The molecule has 0 amide bonds. The summed E-state index contributed by atoms with van der Waals surface area (Å²) in [4.78, 5) is 3.50. The van der Waals surface area contributed by atoms with E-state index in [2.05, 4.69) is 32.3 Å². The van der Waals surface area contributed by atoms with Crippen molar-refractivity contribution in [3.63, 3.8) is 0 Å². The van der Waals surface area contributed by atoms with Gasteiger partial charge in [-0.05, 0) is 28.9 Å². The molecule has 0 fully saturated rings. The summed E-state index contributed by atoms with van der Waals surface area (Å²) in [6.07, 6.45) is -0.305. The van der Waals surface area contributed by atoms with Crippen LogP contribution in [0, 0.1) is 0 Å². The predicted octanol–water partition coefficient (Wildman–Crippen LogP) is 2.34. The highest BCUT2D eigenvalue weighted by atomic mass is 79.9. The Labute approximate surface area is 109 Å². The Hall–Kier alpha value is 0.0600. The van der Waals surface area contributed by atoms with Gasteiger partial charge in [-0.3, -0.25) is 4.90 Å². The number of halogens is 1. The Morgan fingerprint density at radius 1 is 1.62 bits per heavy atom. The minimum absolute atomic E-state index is 0.305. The average Bonchev–Trinajstić information content (AvgIpc) is 2.59. The lowest BCUT2D eigenvalue weighted by molar-refractivity contribution is 0.0945. The van der Waals surface area contributed by atoms with Gasteiger partial charge in [0.05, 0.1) is 12.7 Å². The second-order valence-corrected chi connectivity index (χ2v) is 5.72.